The zero-order valence-corrected chi connectivity index (χ0v) is 23.0. The van der Waals surface area contributed by atoms with E-state index in [-0.39, 0.29) is 18.0 Å². The second-order valence-electron chi connectivity index (χ2n) is 9.60. The van der Waals surface area contributed by atoms with Crippen molar-refractivity contribution >= 4 is 28.9 Å². The number of nitrogens with zero attached hydrogens (tertiary/aromatic N) is 4. The van der Waals surface area contributed by atoms with Crippen molar-refractivity contribution in [3.05, 3.63) is 87.6 Å². The Morgan fingerprint density at radius 2 is 1.78 bits per heavy atom. The molecule has 1 aliphatic rings. The molecule has 190 valence electrons. The Morgan fingerprint density at radius 3 is 2.43 bits per heavy atom. The van der Waals surface area contributed by atoms with Crippen LogP contribution in [-0.2, 0) is 11.4 Å². The zero-order chi connectivity index (χ0) is 26.7. The smallest absolute Gasteiger partial charge is 0.266 e. The molecular weight excluding hydrogens is 480 g/mol. The first-order valence-corrected chi connectivity index (χ1v) is 13.2. The number of nitriles is 1. The first kappa shape index (κ1) is 26.3. The van der Waals surface area contributed by atoms with Gasteiger partial charge in [-0.15, -0.1) is 0 Å². The van der Waals surface area contributed by atoms with Crippen molar-refractivity contribution in [2.75, 3.05) is 0 Å². The molecule has 7 heteroatoms. The van der Waals surface area contributed by atoms with E-state index in [9.17, 15) is 10.1 Å². The highest BCUT2D eigenvalue weighted by molar-refractivity contribution is 8.18. The molecule has 1 fully saturated rings. The van der Waals surface area contributed by atoms with Gasteiger partial charge in [-0.3, -0.25) is 14.7 Å². The third-order valence-electron chi connectivity index (χ3n) is 6.11. The predicted octanol–water partition coefficient (Wildman–Crippen LogP) is 6.63. The van der Waals surface area contributed by atoms with Gasteiger partial charge in [0.25, 0.3) is 5.91 Å². The number of thioether (sulfide) groups is 1. The summed E-state index contributed by atoms with van der Waals surface area (Å²) in [4.78, 5) is 20.3. The number of aliphatic imine (C=N–C) groups is 1. The second kappa shape index (κ2) is 11.1. The van der Waals surface area contributed by atoms with Crippen molar-refractivity contribution in [1.29, 1.82) is 5.26 Å². The maximum absolute atomic E-state index is 13.2. The third kappa shape index (κ3) is 5.65. The predicted molar refractivity (Wildman–Crippen MR) is 151 cm³/mol. The van der Waals surface area contributed by atoms with E-state index < -0.39 is 0 Å². The fraction of sp³-hybridized carbons (Fsp3) is 0.300. The number of aromatic nitrogens is 1. The van der Waals surface area contributed by atoms with Gasteiger partial charge in [-0.2, -0.15) is 5.26 Å². The minimum absolute atomic E-state index is 0.00340. The lowest BCUT2D eigenvalue weighted by molar-refractivity contribution is -0.123. The number of aryl methyl sites for hydroxylation is 1. The van der Waals surface area contributed by atoms with E-state index in [0.29, 0.717) is 17.1 Å². The number of carbonyl (C=O) groups is 1. The van der Waals surface area contributed by atoms with Crippen LogP contribution in [-0.4, -0.2) is 32.6 Å². The normalized spacial score (nSPS) is 15.9. The van der Waals surface area contributed by atoms with Crippen LogP contribution in [0.25, 0.3) is 11.8 Å². The number of amides is 1. The first-order chi connectivity index (χ1) is 17.7. The van der Waals surface area contributed by atoms with Gasteiger partial charge in [0.15, 0.2) is 5.17 Å². The molecule has 0 spiro atoms. The molecule has 0 bridgehead atoms. The van der Waals surface area contributed by atoms with Crippen LogP contribution in [0.1, 0.15) is 55.8 Å². The SMILES string of the molecule is Cc1cc(/C=C2/SC(=NC(C)C)N(C(C)C)C2=O)c(C)n1-c1ccc(OCc2ccccc2C#N)cc1. The highest BCUT2D eigenvalue weighted by Gasteiger charge is 2.35. The summed E-state index contributed by atoms with van der Waals surface area (Å²) < 4.78 is 8.11. The van der Waals surface area contributed by atoms with E-state index in [1.54, 1.807) is 11.0 Å². The van der Waals surface area contributed by atoms with Gasteiger partial charge in [0.05, 0.1) is 16.5 Å². The number of carbonyl (C=O) groups excluding carboxylic acids is 1. The van der Waals surface area contributed by atoms with E-state index in [1.807, 2.05) is 76.2 Å². The zero-order valence-electron chi connectivity index (χ0n) is 22.1. The van der Waals surface area contributed by atoms with Gasteiger partial charge >= 0.3 is 0 Å². The summed E-state index contributed by atoms with van der Waals surface area (Å²) in [5.41, 5.74) is 5.64. The van der Waals surface area contributed by atoms with E-state index >= 15 is 0 Å². The van der Waals surface area contributed by atoms with E-state index in [1.165, 1.54) is 11.8 Å². The summed E-state index contributed by atoms with van der Waals surface area (Å²) >= 11 is 1.45. The molecule has 2 heterocycles. The number of rotatable bonds is 7. The molecule has 37 heavy (non-hydrogen) atoms. The highest BCUT2D eigenvalue weighted by Crippen LogP contribution is 2.35. The molecular formula is C30H32N4O2S. The first-order valence-electron chi connectivity index (χ1n) is 12.4. The number of amidine groups is 1. The van der Waals surface area contributed by atoms with E-state index in [0.717, 1.165) is 39.1 Å². The quantitative estimate of drug-likeness (QED) is 0.333. The lowest BCUT2D eigenvalue weighted by Gasteiger charge is -2.20. The monoisotopic (exact) mass is 512 g/mol. The van der Waals surface area contributed by atoms with Gasteiger partial charge in [-0.1, -0.05) is 18.2 Å². The third-order valence-corrected chi connectivity index (χ3v) is 7.10. The van der Waals surface area contributed by atoms with Crippen LogP contribution in [0, 0.1) is 25.2 Å². The topological polar surface area (TPSA) is 70.6 Å². The minimum atomic E-state index is 0.00340. The van der Waals surface area contributed by atoms with Crippen LogP contribution < -0.4 is 4.74 Å². The maximum atomic E-state index is 13.2. The molecule has 0 unspecified atom stereocenters. The van der Waals surface area contributed by atoms with E-state index in [4.69, 9.17) is 4.74 Å². The second-order valence-corrected chi connectivity index (χ2v) is 10.6. The molecule has 0 atom stereocenters. The Bertz CT molecular complexity index is 1410. The van der Waals surface area contributed by atoms with Crippen molar-refractivity contribution in [3.63, 3.8) is 0 Å². The maximum Gasteiger partial charge on any atom is 0.266 e. The highest BCUT2D eigenvalue weighted by atomic mass is 32.2. The summed E-state index contributed by atoms with van der Waals surface area (Å²) in [5.74, 6) is 0.740. The summed E-state index contributed by atoms with van der Waals surface area (Å²) in [6.45, 7) is 12.5. The average Bonchev–Trinajstić information content (AvgIpc) is 3.32. The van der Waals surface area contributed by atoms with E-state index in [2.05, 4.69) is 35.5 Å². The molecule has 1 aromatic heterocycles. The Kier molecular flexibility index (Phi) is 7.89. The van der Waals surface area contributed by atoms with Crippen molar-refractivity contribution in [3.8, 4) is 17.5 Å². The fourth-order valence-corrected chi connectivity index (χ4v) is 5.56. The summed E-state index contributed by atoms with van der Waals surface area (Å²) in [6, 6.07) is 19.8. The summed E-state index contributed by atoms with van der Waals surface area (Å²) in [6.07, 6.45) is 1.98. The van der Waals surface area contributed by atoms with Crippen LogP contribution in [0.2, 0.25) is 0 Å². The molecule has 0 radical (unpaired) electrons. The molecule has 1 aliphatic heterocycles. The van der Waals surface area contributed by atoms with Gasteiger partial charge in [0.2, 0.25) is 0 Å². The van der Waals surface area contributed by atoms with Crippen molar-refractivity contribution < 1.29 is 9.53 Å². The average molecular weight is 513 g/mol. The number of hydrogen-bond donors (Lipinski definition) is 0. The van der Waals surface area contributed by atoms with Crippen molar-refractivity contribution in [1.82, 2.24) is 9.47 Å². The molecule has 0 N–H and O–H groups in total. The summed E-state index contributed by atoms with van der Waals surface area (Å²) in [7, 11) is 0. The van der Waals surface area contributed by atoms with Gasteiger partial charge in [-0.05, 0) is 101 Å². The van der Waals surface area contributed by atoms with Crippen LogP contribution in [0.4, 0.5) is 0 Å². The fourth-order valence-electron chi connectivity index (χ4n) is 4.33. The molecule has 0 aliphatic carbocycles. The van der Waals surface area contributed by atoms with Crippen LogP contribution in [0.3, 0.4) is 0 Å². The Balaban J connectivity index is 1.56. The van der Waals surface area contributed by atoms with Gasteiger partial charge < -0.3 is 9.30 Å². The molecule has 0 saturated carbocycles. The molecule has 6 nitrogen and oxygen atoms in total. The lowest BCUT2D eigenvalue weighted by atomic mass is 10.1. The number of ether oxygens (including phenoxy) is 1. The lowest BCUT2D eigenvalue weighted by Crippen LogP contribution is -2.35. The number of hydrogen-bond acceptors (Lipinski definition) is 5. The molecule has 3 aromatic rings. The molecule has 1 amide bonds. The van der Waals surface area contributed by atoms with Gasteiger partial charge in [0.1, 0.15) is 12.4 Å². The minimum Gasteiger partial charge on any atom is -0.489 e. The number of benzene rings is 2. The van der Waals surface area contributed by atoms with Crippen molar-refractivity contribution in [2.45, 2.75) is 60.2 Å². The molecule has 1 saturated heterocycles. The van der Waals surface area contributed by atoms with Gasteiger partial charge in [0, 0.05) is 34.7 Å². The molecule has 2 aromatic carbocycles. The molecule has 4 rings (SSSR count). The Morgan fingerprint density at radius 1 is 1.08 bits per heavy atom. The van der Waals surface area contributed by atoms with Crippen LogP contribution in [0.15, 0.2) is 64.5 Å². The van der Waals surface area contributed by atoms with Gasteiger partial charge in [-0.25, -0.2) is 0 Å². The van der Waals surface area contributed by atoms with Crippen LogP contribution in [0.5, 0.6) is 5.75 Å². The Labute approximate surface area is 223 Å². The van der Waals surface area contributed by atoms with Crippen LogP contribution >= 0.6 is 11.8 Å². The largest absolute Gasteiger partial charge is 0.489 e. The standard InChI is InChI=1S/C30H32N4O2S/c1-19(2)32-30-33(20(3)4)29(35)28(37-30)16-25-15-21(5)34(22(25)6)26-11-13-27(14-12-26)36-18-24-10-8-7-9-23(24)17-31/h7-16,19-20H,18H2,1-6H3/b28-16+,32-30?. The van der Waals surface area contributed by atoms with Crippen molar-refractivity contribution in [2.24, 2.45) is 4.99 Å². The Hall–Kier alpha value is -3.76. The summed E-state index contributed by atoms with van der Waals surface area (Å²) in [5, 5.41) is 10.0.